The fraction of sp³-hybridized carbons (Fsp3) is 0.0625. The maximum absolute atomic E-state index is 5.61. The molecule has 0 aromatic heterocycles. The van der Waals surface area contributed by atoms with E-state index in [-0.39, 0.29) is 0 Å². The van der Waals surface area contributed by atoms with E-state index in [1.807, 2.05) is 0 Å². The predicted molar refractivity (Wildman–Crippen MR) is 71.3 cm³/mol. The standard InChI is InChI=1S/C16H14N/c17-11-12-5-7-14(8-6-12)16-10-9-13-3-1-2-4-15(13)16/h1-10H,11,17H2. The van der Waals surface area contributed by atoms with Crippen LogP contribution in [-0.2, 0) is 6.54 Å². The van der Waals surface area contributed by atoms with Gasteiger partial charge in [-0.2, -0.15) is 0 Å². The van der Waals surface area contributed by atoms with Crippen LogP contribution < -0.4 is 5.73 Å². The quantitative estimate of drug-likeness (QED) is 0.826. The third kappa shape index (κ3) is 1.79. The molecule has 0 heterocycles. The molecule has 0 fully saturated rings. The van der Waals surface area contributed by atoms with Crippen LogP contribution >= 0.6 is 0 Å². The van der Waals surface area contributed by atoms with Gasteiger partial charge in [0.05, 0.1) is 0 Å². The zero-order valence-electron chi connectivity index (χ0n) is 9.56. The van der Waals surface area contributed by atoms with Crippen LogP contribution in [0.4, 0.5) is 0 Å². The molecule has 2 aromatic carbocycles. The third-order valence-electron chi connectivity index (χ3n) is 3.18. The lowest BCUT2D eigenvalue weighted by Crippen LogP contribution is -1.96. The Labute approximate surface area is 102 Å². The second-order valence-corrected chi connectivity index (χ2v) is 4.24. The lowest BCUT2D eigenvalue weighted by Gasteiger charge is -2.06. The van der Waals surface area contributed by atoms with Gasteiger partial charge in [-0.15, -0.1) is 0 Å². The first-order valence-corrected chi connectivity index (χ1v) is 5.82. The Morgan fingerprint density at radius 1 is 0.882 bits per heavy atom. The smallest absolute Gasteiger partial charge is 0.0178 e. The Balaban J connectivity index is 2.01. The fourth-order valence-corrected chi connectivity index (χ4v) is 2.22. The maximum Gasteiger partial charge on any atom is 0.0178 e. The van der Waals surface area contributed by atoms with E-state index in [1.54, 1.807) is 0 Å². The number of rotatable bonds is 2. The Hall–Kier alpha value is -1.86. The molecule has 0 saturated heterocycles. The zero-order valence-corrected chi connectivity index (χ0v) is 9.56. The average molecular weight is 220 g/mol. The molecule has 1 aliphatic rings. The minimum absolute atomic E-state index is 0.599. The molecule has 0 atom stereocenters. The number of hydrogen-bond donors (Lipinski definition) is 1. The Bertz CT molecular complexity index is 564. The molecule has 0 saturated carbocycles. The van der Waals surface area contributed by atoms with Gasteiger partial charge in [0.2, 0.25) is 0 Å². The van der Waals surface area contributed by atoms with Gasteiger partial charge in [0, 0.05) is 13.0 Å². The van der Waals surface area contributed by atoms with Crippen LogP contribution in [0.25, 0.3) is 5.57 Å². The molecule has 1 radical (unpaired) electrons. The van der Waals surface area contributed by atoms with Gasteiger partial charge in [0.15, 0.2) is 0 Å². The van der Waals surface area contributed by atoms with Crippen LogP contribution in [-0.4, -0.2) is 0 Å². The van der Waals surface area contributed by atoms with E-state index >= 15 is 0 Å². The van der Waals surface area contributed by atoms with E-state index in [1.165, 1.54) is 27.8 Å². The second kappa shape index (κ2) is 4.19. The Morgan fingerprint density at radius 3 is 2.41 bits per heavy atom. The van der Waals surface area contributed by atoms with E-state index < -0.39 is 0 Å². The Kier molecular flexibility index (Phi) is 2.54. The summed E-state index contributed by atoms with van der Waals surface area (Å²) in [5.74, 6) is 0. The normalized spacial score (nSPS) is 13.4. The van der Waals surface area contributed by atoms with Crippen LogP contribution in [0, 0.1) is 6.42 Å². The molecule has 1 nitrogen and oxygen atoms in total. The number of nitrogens with two attached hydrogens (primary N) is 1. The van der Waals surface area contributed by atoms with Crippen molar-refractivity contribution < 1.29 is 0 Å². The minimum Gasteiger partial charge on any atom is -0.326 e. The lowest BCUT2D eigenvalue weighted by molar-refractivity contribution is 1.07. The van der Waals surface area contributed by atoms with Gasteiger partial charge < -0.3 is 5.73 Å². The molecule has 0 unspecified atom stereocenters. The predicted octanol–water partition coefficient (Wildman–Crippen LogP) is 3.14. The van der Waals surface area contributed by atoms with Crippen molar-refractivity contribution in [2.24, 2.45) is 5.73 Å². The van der Waals surface area contributed by atoms with Gasteiger partial charge >= 0.3 is 0 Å². The highest BCUT2D eigenvalue weighted by molar-refractivity contribution is 5.87. The maximum atomic E-state index is 5.61. The number of fused-ring (bicyclic) bond motifs is 1. The van der Waals surface area contributed by atoms with Crippen LogP contribution in [0.5, 0.6) is 0 Å². The lowest BCUT2D eigenvalue weighted by atomic mass is 9.98. The van der Waals surface area contributed by atoms with Crippen LogP contribution in [0.15, 0.2) is 54.6 Å². The van der Waals surface area contributed by atoms with Gasteiger partial charge in [-0.3, -0.25) is 0 Å². The fourth-order valence-electron chi connectivity index (χ4n) is 2.22. The van der Waals surface area contributed by atoms with Crippen molar-refractivity contribution in [3.63, 3.8) is 0 Å². The van der Waals surface area contributed by atoms with E-state index in [4.69, 9.17) is 5.73 Å². The van der Waals surface area contributed by atoms with Crippen molar-refractivity contribution >= 4 is 5.57 Å². The number of hydrogen-bond acceptors (Lipinski definition) is 1. The molecule has 0 bridgehead atoms. The summed E-state index contributed by atoms with van der Waals surface area (Å²) >= 11 is 0. The monoisotopic (exact) mass is 220 g/mol. The molecule has 17 heavy (non-hydrogen) atoms. The molecular weight excluding hydrogens is 206 g/mol. The molecule has 1 aliphatic carbocycles. The summed E-state index contributed by atoms with van der Waals surface area (Å²) in [6.45, 7) is 0.599. The van der Waals surface area contributed by atoms with E-state index in [9.17, 15) is 0 Å². The molecular formula is C16H14N. The number of allylic oxidation sites excluding steroid dienone is 1. The molecule has 2 aromatic rings. The molecule has 1 heteroatoms. The summed E-state index contributed by atoms with van der Waals surface area (Å²) in [6.07, 6.45) is 4.35. The summed E-state index contributed by atoms with van der Waals surface area (Å²) in [5.41, 5.74) is 11.9. The third-order valence-corrected chi connectivity index (χ3v) is 3.18. The molecule has 0 spiro atoms. The van der Waals surface area contributed by atoms with Gasteiger partial charge in [0.1, 0.15) is 0 Å². The van der Waals surface area contributed by atoms with Crippen LogP contribution in [0.1, 0.15) is 22.3 Å². The van der Waals surface area contributed by atoms with Gasteiger partial charge in [-0.05, 0) is 27.8 Å². The summed E-state index contributed by atoms with van der Waals surface area (Å²) in [7, 11) is 0. The van der Waals surface area contributed by atoms with Crippen LogP contribution in [0.3, 0.4) is 0 Å². The van der Waals surface area contributed by atoms with Crippen molar-refractivity contribution in [3.05, 3.63) is 83.3 Å². The molecule has 0 amide bonds. The van der Waals surface area contributed by atoms with Crippen molar-refractivity contribution in [1.29, 1.82) is 0 Å². The van der Waals surface area contributed by atoms with Gasteiger partial charge in [-0.1, -0.05) is 54.6 Å². The highest BCUT2D eigenvalue weighted by atomic mass is 14.5. The summed E-state index contributed by atoms with van der Waals surface area (Å²) in [4.78, 5) is 0. The first kappa shape index (κ1) is 10.3. The highest BCUT2D eigenvalue weighted by Crippen LogP contribution is 2.33. The average Bonchev–Trinajstić information content (AvgIpc) is 2.83. The topological polar surface area (TPSA) is 26.0 Å². The molecule has 3 rings (SSSR count). The Morgan fingerprint density at radius 2 is 1.65 bits per heavy atom. The molecule has 2 N–H and O–H groups in total. The van der Waals surface area contributed by atoms with Gasteiger partial charge in [0.25, 0.3) is 0 Å². The van der Waals surface area contributed by atoms with Crippen molar-refractivity contribution in [1.82, 2.24) is 0 Å². The van der Waals surface area contributed by atoms with Gasteiger partial charge in [-0.25, -0.2) is 0 Å². The summed E-state index contributed by atoms with van der Waals surface area (Å²) < 4.78 is 0. The largest absolute Gasteiger partial charge is 0.326 e. The van der Waals surface area contributed by atoms with Crippen molar-refractivity contribution in [3.8, 4) is 0 Å². The molecule has 83 valence electrons. The minimum atomic E-state index is 0.599. The second-order valence-electron chi connectivity index (χ2n) is 4.24. The van der Waals surface area contributed by atoms with Crippen LogP contribution in [0.2, 0.25) is 0 Å². The zero-order chi connectivity index (χ0) is 11.7. The van der Waals surface area contributed by atoms with Crippen molar-refractivity contribution in [2.45, 2.75) is 6.54 Å². The highest BCUT2D eigenvalue weighted by Gasteiger charge is 2.14. The first-order chi connectivity index (χ1) is 8.38. The van der Waals surface area contributed by atoms with Crippen molar-refractivity contribution in [2.75, 3.05) is 0 Å². The SMILES string of the molecule is NCc1ccc(C2=C[CH]c3ccccc32)cc1. The summed E-state index contributed by atoms with van der Waals surface area (Å²) in [5, 5.41) is 0. The first-order valence-electron chi connectivity index (χ1n) is 5.82. The van der Waals surface area contributed by atoms with E-state index in [0.29, 0.717) is 6.54 Å². The number of benzene rings is 2. The van der Waals surface area contributed by atoms with E-state index in [0.717, 1.165) is 0 Å². The van der Waals surface area contributed by atoms with E-state index in [2.05, 4.69) is 61.0 Å². The molecule has 0 aliphatic heterocycles. The summed E-state index contributed by atoms with van der Waals surface area (Å²) in [6, 6.07) is 16.9.